The Morgan fingerprint density at radius 1 is 1.28 bits per heavy atom. The molecule has 18 heavy (non-hydrogen) atoms. The molecule has 0 aromatic rings. The van der Waals surface area contributed by atoms with Crippen LogP contribution in [0.2, 0.25) is 0 Å². The fourth-order valence-electron chi connectivity index (χ4n) is 3.11. The second kappa shape index (κ2) is 6.44. The number of rotatable bonds is 2. The smallest absolute Gasteiger partial charge is 0.316 e. The monoisotopic (exact) mass is 286 g/mol. The Hall–Kier alpha value is 0. The Balaban J connectivity index is 0.00000162. The van der Waals surface area contributed by atoms with Gasteiger partial charge in [-0.1, -0.05) is 0 Å². The molecular weight excluding hydrogens is 265 g/mol. The first-order valence-corrected chi connectivity index (χ1v) is 6.50. The molecule has 2 saturated heterocycles. The van der Waals surface area contributed by atoms with E-state index in [0.29, 0.717) is 12.5 Å². The summed E-state index contributed by atoms with van der Waals surface area (Å²) in [5.74, 6) is -0.600. The Kier molecular flexibility index (Phi) is 5.74. The average Bonchev–Trinajstić information content (AvgIpc) is 2.61. The number of hydrogen-bond donors (Lipinski definition) is 1. The van der Waals surface area contributed by atoms with Crippen molar-refractivity contribution in [3.05, 3.63) is 0 Å². The van der Waals surface area contributed by atoms with Crippen molar-refractivity contribution >= 4 is 12.4 Å². The molecule has 6 heteroatoms. The van der Waals surface area contributed by atoms with E-state index in [4.69, 9.17) is 0 Å². The highest BCUT2D eigenvalue weighted by atomic mass is 35.5. The summed E-state index contributed by atoms with van der Waals surface area (Å²) in [7, 11) is 0. The van der Waals surface area contributed by atoms with Crippen molar-refractivity contribution in [3.63, 3.8) is 0 Å². The van der Waals surface area contributed by atoms with Crippen LogP contribution in [0.1, 0.15) is 26.2 Å². The molecule has 1 N–H and O–H groups in total. The summed E-state index contributed by atoms with van der Waals surface area (Å²) in [5, 5.41) is 3.32. The molecule has 3 unspecified atom stereocenters. The maximum atomic E-state index is 12.7. The van der Waals surface area contributed by atoms with E-state index in [-0.39, 0.29) is 24.9 Å². The topological polar surface area (TPSA) is 15.3 Å². The van der Waals surface area contributed by atoms with E-state index in [2.05, 4.69) is 5.32 Å². The maximum Gasteiger partial charge on any atom is 0.393 e. The van der Waals surface area contributed by atoms with Gasteiger partial charge in [0.15, 0.2) is 0 Å². The Morgan fingerprint density at radius 2 is 2.00 bits per heavy atom. The van der Waals surface area contributed by atoms with Crippen molar-refractivity contribution < 1.29 is 13.2 Å². The molecule has 2 rings (SSSR count). The van der Waals surface area contributed by atoms with Gasteiger partial charge in [-0.15, -0.1) is 12.4 Å². The standard InChI is InChI=1S/C12H21F3N2.ClH/c1-9-11(12(13,14)15)4-6-17(9)8-10-3-2-5-16-7-10;/h9-11,16H,2-8H2,1H3;1H. The molecule has 2 fully saturated rings. The van der Waals surface area contributed by atoms with Crippen LogP contribution < -0.4 is 5.32 Å². The number of hydrogen-bond acceptors (Lipinski definition) is 2. The number of nitrogens with one attached hydrogen (secondary N) is 1. The average molecular weight is 287 g/mol. The molecule has 0 bridgehead atoms. The van der Waals surface area contributed by atoms with E-state index in [1.807, 2.05) is 4.90 Å². The molecule has 0 aromatic carbocycles. The zero-order valence-corrected chi connectivity index (χ0v) is 11.5. The number of halogens is 4. The van der Waals surface area contributed by atoms with E-state index in [1.165, 1.54) is 0 Å². The summed E-state index contributed by atoms with van der Waals surface area (Å²) >= 11 is 0. The van der Waals surface area contributed by atoms with Crippen molar-refractivity contribution in [1.29, 1.82) is 0 Å². The third-order valence-electron chi connectivity index (χ3n) is 4.20. The van der Waals surface area contributed by atoms with Crippen LogP contribution in [0.3, 0.4) is 0 Å². The third kappa shape index (κ3) is 3.75. The highest BCUT2D eigenvalue weighted by molar-refractivity contribution is 5.85. The van der Waals surface area contributed by atoms with Crippen molar-refractivity contribution in [2.24, 2.45) is 11.8 Å². The first-order valence-electron chi connectivity index (χ1n) is 6.50. The zero-order valence-electron chi connectivity index (χ0n) is 10.7. The lowest BCUT2D eigenvalue weighted by atomic mass is 9.97. The van der Waals surface area contributed by atoms with Crippen LogP contribution in [-0.4, -0.2) is 43.3 Å². The van der Waals surface area contributed by atoms with Gasteiger partial charge in [0.05, 0.1) is 5.92 Å². The van der Waals surface area contributed by atoms with Crippen molar-refractivity contribution in [2.45, 2.75) is 38.4 Å². The van der Waals surface area contributed by atoms with Gasteiger partial charge in [0.1, 0.15) is 0 Å². The van der Waals surface area contributed by atoms with E-state index >= 15 is 0 Å². The molecule has 0 radical (unpaired) electrons. The van der Waals surface area contributed by atoms with Crippen molar-refractivity contribution in [3.8, 4) is 0 Å². The lowest BCUT2D eigenvalue weighted by Crippen LogP contribution is -2.42. The van der Waals surface area contributed by atoms with Gasteiger partial charge in [0.25, 0.3) is 0 Å². The SMILES string of the molecule is CC1C(C(F)(F)F)CCN1CC1CCCNC1.Cl. The lowest BCUT2D eigenvalue weighted by Gasteiger charge is -2.31. The van der Waals surface area contributed by atoms with Gasteiger partial charge < -0.3 is 5.32 Å². The second-order valence-corrected chi connectivity index (χ2v) is 5.38. The molecule has 2 aliphatic heterocycles. The Bertz CT molecular complexity index is 254. The van der Waals surface area contributed by atoms with E-state index in [1.54, 1.807) is 6.92 Å². The molecule has 0 saturated carbocycles. The summed E-state index contributed by atoms with van der Waals surface area (Å²) in [4.78, 5) is 2.02. The number of nitrogens with zero attached hydrogens (tertiary/aromatic N) is 1. The van der Waals surface area contributed by atoms with Gasteiger partial charge in [-0.3, -0.25) is 4.90 Å². The Labute approximate surface area is 113 Å². The fraction of sp³-hybridized carbons (Fsp3) is 1.00. The summed E-state index contributed by atoms with van der Waals surface area (Å²) in [6.07, 6.45) is -1.47. The minimum atomic E-state index is -4.03. The van der Waals surface area contributed by atoms with Crippen LogP contribution in [0.5, 0.6) is 0 Å². The van der Waals surface area contributed by atoms with Gasteiger partial charge in [0.2, 0.25) is 0 Å². The normalized spacial score (nSPS) is 34.3. The van der Waals surface area contributed by atoms with Crippen LogP contribution in [0, 0.1) is 11.8 Å². The van der Waals surface area contributed by atoms with Gasteiger partial charge >= 0.3 is 6.18 Å². The molecule has 3 atom stereocenters. The Morgan fingerprint density at radius 3 is 2.50 bits per heavy atom. The summed E-state index contributed by atoms with van der Waals surface area (Å²) in [6, 6.07) is -0.350. The van der Waals surface area contributed by atoms with Crippen LogP contribution >= 0.6 is 12.4 Å². The maximum absolute atomic E-state index is 12.7. The van der Waals surface area contributed by atoms with Crippen LogP contribution in [0.25, 0.3) is 0 Å². The van der Waals surface area contributed by atoms with E-state index < -0.39 is 12.1 Å². The van der Waals surface area contributed by atoms with Crippen LogP contribution in [0.15, 0.2) is 0 Å². The summed E-state index contributed by atoms with van der Waals surface area (Å²) in [6.45, 7) is 5.15. The molecule has 108 valence electrons. The van der Waals surface area contributed by atoms with Crippen molar-refractivity contribution in [2.75, 3.05) is 26.2 Å². The molecule has 2 aliphatic rings. The minimum Gasteiger partial charge on any atom is -0.316 e. The minimum absolute atomic E-state index is 0. The van der Waals surface area contributed by atoms with Crippen molar-refractivity contribution in [1.82, 2.24) is 10.2 Å². The first-order chi connectivity index (χ1) is 7.98. The molecule has 2 heterocycles. The number of piperidine rings is 1. The fourth-order valence-corrected chi connectivity index (χ4v) is 3.11. The van der Waals surface area contributed by atoms with E-state index in [9.17, 15) is 13.2 Å². The molecule has 0 aromatic heterocycles. The summed E-state index contributed by atoms with van der Waals surface area (Å²) < 4.78 is 38.2. The number of likely N-dealkylation sites (tertiary alicyclic amines) is 1. The van der Waals surface area contributed by atoms with Gasteiger partial charge in [-0.2, -0.15) is 13.2 Å². The second-order valence-electron chi connectivity index (χ2n) is 5.38. The molecule has 2 nitrogen and oxygen atoms in total. The molecule has 0 spiro atoms. The zero-order chi connectivity index (χ0) is 12.5. The molecular formula is C12H22ClF3N2. The van der Waals surface area contributed by atoms with Crippen LogP contribution in [-0.2, 0) is 0 Å². The predicted molar refractivity (Wildman–Crippen MR) is 68.0 cm³/mol. The first kappa shape index (κ1) is 16.1. The highest BCUT2D eigenvalue weighted by Gasteiger charge is 2.48. The molecule has 0 aliphatic carbocycles. The van der Waals surface area contributed by atoms with Crippen LogP contribution in [0.4, 0.5) is 13.2 Å². The lowest BCUT2D eigenvalue weighted by molar-refractivity contribution is -0.179. The molecule has 0 amide bonds. The van der Waals surface area contributed by atoms with E-state index in [0.717, 1.165) is 32.5 Å². The largest absolute Gasteiger partial charge is 0.393 e. The van der Waals surface area contributed by atoms with Gasteiger partial charge in [-0.25, -0.2) is 0 Å². The summed E-state index contributed by atoms with van der Waals surface area (Å²) in [5.41, 5.74) is 0. The quantitative estimate of drug-likeness (QED) is 0.840. The van der Waals surface area contributed by atoms with Gasteiger partial charge in [0, 0.05) is 12.6 Å². The third-order valence-corrected chi connectivity index (χ3v) is 4.20. The number of alkyl halides is 3. The highest BCUT2D eigenvalue weighted by Crippen LogP contribution is 2.38. The van der Waals surface area contributed by atoms with Gasteiger partial charge in [-0.05, 0) is 51.7 Å². The predicted octanol–water partition coefficient (Wildman–Crippen LogP) is 2.68.